The lowest BCUT2D eigenvalue weighted by Crippen LogP contribution is -2.10. The van der Waals surface area contributed by atoms with Crippen molar-refractivity contribution in [3.8, 4) is 0 Å². The highest BCUT2D eigenvalue weighted by atomic mass is 32.1. The fourth-order valence-corrected chi connectivity index (χ4v) is 2.89. The first kappa shape index (κ1) is 14.5. The van der Waals surface area contributed by atoms with E-state index < -0.39 is 0 Å². The van der Waals surface area contributed by atoms with Gasteiger partial charge >= 0.3 is 5.97 Å². The summed E-state index contributed by atoms with van der Waals surface area (Å²) in [5, 5.41) is 2.98. The van der Waals surface area contributed by atoms with Gasteiger partial charge in [-0.1, -0.05) is 18.2 Å². The largest absolute Gasteiger partial charge is 0.465 e. The van der Waals surface area contributed by atoms with Gasteiger partial charge < -0.3 is 9.30 Å². The van der Waals surface area contributed by atoms with E-state index in [4.69, 9.17) is 4.74 Å². The van der Waals surface area contributed by atoms with Gasteiger partial charge in [0.15, 0.2) is 0 Å². The second-order valence-electron chi connectivity index (χ2n) is 4.72. The van der Waals surface area contributed by atoms with Gasteiger partial charge in [-0.25, -0.2) is 14.8 Å². The maximum Gasteiger partial charge on any atom is 0.338 e. The summed E-state index contributed by atoms with van der Waals surface area (Å²) in [6.45, 7) is 0.575. The van der Waals surface area contributed by atoms with Crippen molar-refractivity contribution in [3.63, 3.8) is 0 Å². The number of aromatic nitrogens is 3. The van der Waals surface area contributed by atoms with Crippen LogP contribution in [0.1, 0.15) is 26.8 Å². The summed E-state index contributed by atoms with van der Waals surface area (Å²) in [6.07, 6.45) is 6.16. The molecular formula is C16H15N3O2S. The van der Waals surface area contributed by atoms with Crippen LogP contribution in [0.25, 0.3) is 0 Å². The summed E-state index contributed by atoms with van der Waals surface area (Å²) in [5.74, 6) is 0.604. The standard InChI is InChI=1S/C16H15N3O2S/c1-21-16(20)13-5-3-2-4-12(13)11-19-8-6-17-14(19)10-15-18-7-9-22-15/h2-9H,10-11H2,1H3. The van der Waals surface area contributed by atoms with Crippen molar-refractivity contribution in [2.24, 2.45) is 0 Å². The summed E-state index contributed by atoms with van der Waals surface area (Å²) in [7, 11) is 1.39. The Kier molecular flexibility index (Phi) is 4.29. The molecule has 0 atom stereocenters. The Morgan fingerprint density at radius 1 is 1.27 bits per heavy atom. The molecule has 3 rings (SSSR count). The van der Waals surface area contributed by atoms with Gasteiger partial charge in [0.05, 0.1) is 24.1 Å². The summed E-state index contributed by atoms with van der Waals surface area (Å²) in [4.78, 5) is 20.5. The number of ether oxygens (including phenoxy) is 1. The number of hydrogen-bond donors (Lipinski definition) is 0. The molecular weight excluding hydrogens is 298 g/mol. The van der Waals surface area contributed by atoms with Gasteiger partial charge in [0.1, 0.15) is 5.82 Å². The SMILES string of the molecule is COC(=O)c1ccccc1Cn1ccnc1Cc1nccs1. The van der Waals surface area contributed by atoms with E-state index in [1.807, 2.05) is 34.3 Å². The molecule has 0 N–H and O–H groups in total. The molecule has 3 aromatic rings. The lowest BCUT2D eigenvalue weighted by molar-refractivity contribution is 0.0599. The van der Waals surface area contributed by atoms with E-state index in [9.17, 15) is 4.79 Å². The van der Waals surface area contributed by atoms with Gasteiger partial charge in [0.25, 0.3) is 0 Å². The topological polar surface area (TPSA) is 57.0 Å². The molecule has 0 aliphatic heterocycles. The summed E-state index contributed by atoms with van der Waals surface area (Å²) in [6, 6.07) is 7.46. The normalized spacial score (nSPS) is 10.6. The van der Waals surface area contributed by atoms with Crippen LogP contribution in [-0.4, -0.2) is 27.6 Å². The first-order valence-electron chi connectivity index (χ1n) is 6.82. The number of benzene rings is 1. The molecule has 0 spiro atoms. The van der Waals surface area contributed by atoms with Crippen molar-refractivity contribution in [2.45, 2.75) is 13.0 Å². The fourth-order valence-electron chi connectivity index (χ4n) is 2.28. The smallest absolute Gasteiger partial charge is 0.338 e. The second-order valence-corrected chi connectivity index (χ2v) is 5.70. The zero-order valence-corrected chi connectivity index (χ0v) is 12.9. The second kappa shape index (κ2) is 6.53. The van der Waals surface area contributed by atoms with Crippen molar-refractivity contribution in [2.75, 3.05) is 7.11 Å². The third-order valence-corrected chi connectivity index (χ3v) is 4.14. The van der Waals surface area contributed by atoms with E-state index in [-0.39, 0.29) is 5.97 Å². The Balaban J connectivity index is 1.85. The average molecular weight is 313 g/mol. The fraction of sp³-hybridized carbons (Fsp3) is 0.188. The van der Waals surface area contributed by atoms with E-state index in [1.165, 1.54) is 7.11 Å². The Morgan fingerprint density at radius 2 is 2.14 bits per heavy atom. The number of esters is 1. The zero-order valence-electron chi connectivity index (χ0n) is 12.1. The van der Waals surface area contributed by atoms with Gasteiger partial charge in [0, 0.05) is 30.5 Å². The highest BCUT2D eigenvalue weighted by molar-refractivity contribution is 7.09. The highest BCUT2D eigenvalue weighted by Crippen LogP contribution is 2.15. The molecule has 5 nitrogen and oxygen atoms in total. The Labute approximate surface area is 132 Å². The summed E-state index contributed by atoms with van der Waals surface area (Å²) < 4.78 is 6.87. The van der Waals surface area contributed by atoms with Gasteiger partial charge in [-0.05, 0) is 11.6 Å². The predicted octanol–water partition coefficient (Wildman–Crippen LogP) is 2.77. The molecule has 0 aliphatic carbocycles. The molecule has 0 saturated carbocycles. The minimum absolute atomic E-state index is 0.322. The minimum Gasteiger partial charge on any atom is -0.465 e. The minimum atomic E-state index is -0.322. The monoisotopic (exact) mass is 313 g/mol. The number of thiazole rings is 1. The first-order valence-corrected chi connectivity index (χ1v) is 7.70. The summed E-state index contributed by atoms with van der Waals surface area (Å²) >= 11 is 1.61. The molecule has 2 aromatic heterocycles. The quantitative estimate of drug-likeness (QED) is 0.680. The number of carbonyl (C=O) groups is 1. The highest BCUT2D eigenvalue weighted by Gasteiger charge is 2.13. The van der Waals surface area contributed by atoms with E-state index in [0.717, 1.165) is 16.4 Å². The van der Waals surface area contributed by atoms with E-state index in [1.54, 1.807) is 29.8 Å². The molecule has 0 amide bonds. The van der Waals surface area contributed by atoms with Crippen molar-refractivity contribution in [3.05, 3.63) is 70.2 Å². The van der Waals surface area contributed by atoms with Crippen molar-refractivity contribution in [1.82, 2.24) is 14.5 Å². The van der Waals surface area contributed by atoms with Gasteiger partial charge in [0.2, 0.25) is 0 Å². The third kappa shape index (κ3) is 3.07. The Hall–Kier alpha value is -2.47. The molecule has 0 saturated heterocycles. The van der Waals surface area contributed by atoms with Crippen LogP contribution in [0.5, 0.6) is 0 Å². The van der Waals surface area contributed by atoms with Crippen LogP contribution in [0.4, 0.5) is 0 Å². The van der Waals surface area contributed by atoms with Gasteiger partial charge in [-0.15, -0.1) is 11.3 Å². The van der Waals surface area contributed by atoms with Crippen molar-refractivity contribution < 1.29 is 9.53 Å². The van der Waals surface area contributed by atoms with Crippen LogP contribution >= 0.6 is 11.3 Å². The molecule has 6 heteroatoms. The summed E-state index contributed by atoms with van der Waals surface area (Å²) in [5.41, 5.74) is 1.49. The number of methoxy groups -OCH3 is 1. The third-order valence-electron chi connectivity index (χ3n) is 3.36. The number of carbonyl (C=O) groups excluding carboxylic acids is 1. The van der Waals surface area contributed by atoms with Crippen LogP contribution in [0, 0.1) is 0 Å². The Bertz CT molecular complexity index is 765. The number of imidazole rings is 1. The van der Waals surface area contributed by atoms with E-state index >= 15 is 0 Å². The molecule has 22 heavy (non-hydrogen) atoms. The van der Waals surface area contributed by atoms with Crippen LogP contribution in [0.2, 0.25) is 0 Å². The van der Waals surface area contributed by atoms with Crippen LogP contribution in [0.15, 0.2) is 48.2 Å². The Morgan fingerprint density at radius 3 is 2.91 bits per heavy atom. The van der Waals surface area contributed by atoms with Crippen LogP contribution in [0.3, 0.4) is 0 Å². The molecule has 0 unspecified atom stereocenters. The maximum atomic E-state index is 11.8. The lowest BCUT2D eigenvalue weighted by Gasteiger charge is -2.10. The molecule has 0 fully saturated rings. The number of hydrogen-bond acceptors (Lipinski definition) is 5. The average Bonchev–Trinajstić information content (AvgIpc) is 3.20. The van der Waals surface area contributed by atoms with Gasteiger partial charge in [-0.2, -0.15) is 0 Å². The van der Waals surface area contributed by atoms with Crippen molar-refractivity contribution in [1.29, 1.82) is 0 Å². The first-order chi connectivity index (χ1) is 10.8. The zero-order chi connectivity index (χ0) is 15.4. The molecule has 2 heterocycles. The van der Waals surface area contributed by atoms with E-state index in [0.29, 0.717) is 18.5 Å². The van der Waals surface area contributed by atoms with Crippen LogP contribution in [-0.2, 0) is 17.7 Å². The molecule has 1 aromatic carbocycles. The molecule has 112 valence electrons. The molecule has 0 aliphatic rings. The molecule has 0 radical (unpaired) electrons. The maximum absolute atomic E-state index is 11.8. The predicted molar refractivity (Wildman–Crippen MR) is 84.0 cm³/mol. The number of rotatable bonds is 5. The lowest BCUT2D eigenvalue weighted by atomic mass is 10.1. The van der Waals surface area contributed by atoms with Crippen LogP contribution < -0.4 is 0 Å². The molecule has 0 bridgehead atoms. The van der Waals surface area contributed by atoms with Crippen molar-refractivity contribution >= 4 is 17.3 Å². The van der Waals surface area contributed by atoms with Gasteiger partial charge in [-0.3, -0.25) is 0 Å². The number of nitrogens with zero attached hydrogens (tertiary/aromatic N) is 3. The van der Waals surface area contributed by atoms with E-state index in [2.05, 4.69) is 9.97 Å².